The molecule has 0 radical (unpaired) electrons. The highest BCUT2D eigenvalue weighted by Gasteiger charge is 2.41. The minimum Gasteiger partial charge on any atom is -0.300 e. The van der Waals surface area contributed by atoms with Gasteiger partial charge in [-0.15, -0.1) is 0 Å². The fourth-order valence-electron chi connectivity index (χ4n) is 3.68. The molecule has 2 aliphatic rings. The van der Waals surface area contributed by atoms with E-state index < -0.39 is 0 Å². The van der Waals surface area contributed by atoms with Gasteiger partial charge in [-0.1, -0.05) is 43.2 Å². The van der Waals surface area contributed by atoms with Crippen LogP contribution in [0.15, 0.2) is 30.3 Å². The summed E-state index contributed by atoms with van der Waals surface area (Å²) in [7, 11) is 0. The predicted molar refractivity (Wildman–Crippen MR) is 72.4 cm³/mol. The van der Waals surface area contributed by atoms with Gasteiger partial charge in [-0.3, -0.25) is 9.69 Å². The summed E-state index contributed by atoms with van der Waals surface area (Å²) in [5, 5.41) is 0. The summed E-state index contributed by atoms with van der Waals surface area (Å²) >= 11 is 0. The Labute approximate surface area is 109 Å². The van der Waals surface area contributed by atoms with Crippen LogP contribution in [-0.4, -0.2) is 23.8 Å². The highest BCUT2D eigenvalue weighted by molar-refractivity contribution is 5.79. The molecular weight excluding hydrogens is 222 g/mol. The second-order valence-corrected chi connectivity index (χ2v) is 5.63. The van der Waals surface area contributed by atoms with Crippen LogP contribution in [0.5, 0.6) is 0 Å². The zero-order valence-electron chi connectivity index (χ0n) is 10.9. The molecule has 1 saturated carbocycles. The van der Waals surface area contributed by atoms with Gasteiger partial charge in [0.05, 0.1) is 0 Å². The van der Waals surface area contributed by atoms with Gasteiger partial charge in [0, 0.05) is 31.5 Å². The van der Waals surface area contributed by atoms with Crippen LogP contribution in [-0.2, 0) is 10.3 Å². The highest BCUT2D eigenvalue weighted by Crippen LogP contribution is 2.44. The van der Waals surface area contributed by atoms with Crippen LogP contribution in [0.2, 0.25) is 0 Å². The zero-order valence-corrected chi connectivity index (χ0v) is 10.9. The van der Waals surface area contributed by atoms with Crippen LogP contribution in [0, 0.1) is 0 Å². The normalized spacial score (nSPS) is 24.3. The number of hydrogen-bond acceptors (Lipinski definition) is 2. The minimum atomic E-state index is 0.224. The van der Waals surface area contributed by atoms with E-state index in [1.54, 1.807) is 0 Å². The lowest BCUT2D eigenvalue weighted by atomic mass is 9.84. The average molecular weight is 243 g/mol. The summed E-state index contributed by atoms with van der Waals surface area (Å²) < 4.78 is 0. The Hall–Kier alpha value is -1.15. The van der Waals surface area contributed by atoms with Crippen molar-refractivity contribution in [2.24, 2.45) is 0 Å². The standard InChI is InChI=1S/C16H21NO/c18-15-8-12-17(13-9-15)16(10-4-5-11-16)14-6-2-1-3-7-14/h1-3,6-7H,4-5,8-13H2. The summed E-state index contributed by atoms with van der Waals surface area (Å²) in [6.07, 6.45) is 6.64. The van der Waals surface area contributed by atoms with Gasteiger partial charge in [0.2, 0.25) is 0 Å². The average Bonchev–Trinajstić information content (AvgIpc) is 2.91. The van der Waals surface area contributed by atoms with Crippen LogP contribution in [0.3, 0.4) is 0 Å². The van der Waals surface area contributed by atoms with Crippen molar-refractivity contribution in [3.8, 4) is 0 Å². The number of benzene rings is 1. The number of hydrogen-bond donors (Lipinski definition) is 0. The lowest BCUT2D eigenvalue weighted by Crippen LogP contribution is -2.48. The number of piperidine rings is 1. The van der Waals surface area contributed by atoms with E-state index in [9.17, 15) is 4.79 Å². The smallest absolute Gasteiger partial charge is 0.135 e. The molecule has 2 heteroatoms. The molecule has 0 aromatic heterocycles. The lowest BCUT2D eigenvalue weighted by molar-refractivity contribution is -0.123. The van der Waals surface area contributed by atoms with Crippen molar-refractivity contribution in [1.82, 2.24) is 4.90 Å². The van der Waals surface area contributed by atoms with E-state index in [2.05, 4.69) is 35.2 Å². The summed E-state index contributed by atoms with van der Waals surface area (Å²) in [5.41, 5.74) is 1.68. The summed E-state index contributed by atoms with van der Waals surface area (Å²) in [5.74, 6) is 0.437. The zero-order chi connectivity index (χ0) is 12.4. The van der Waals surface area contributed by atoms with Gasteiger partial charge >= 0.3 is 0 Å². The second kappa shape index (κ2) is 4.85. The summed E-state index contributed by atoms with van der Waals surface area (Å²) in [6.45, 7) is 1.90. The molecule has 1 heterocycles. The first-order valence-corrected chi connectivity index (χ1v) is 7.14. The first-order chi connectivity index (χ1) is 8.81. The molecule has 0 atom stereocenters. The van der Waals surface area contributed by atoms with Crippen LogP contribution < -0.4 is 0 Å². The van der Waals surface area contributed by atoms with Crippen molar-refractivity contribution >= 4 is 5.78 Å². The molecule has 1 aliphatic carbocycles. The monoisotopic (exact) mass is 243 g/mol. The van der Waals surface area contributed by atoms with E-state index in [1.165, 1.54) is 31.2 Å². The van der Waals surface area contributed by atoms with Crippen LogP contribution in [0.25, 0.3) is 0 Å². The van der Waals surface area contributed by atoms with Crippen molar-refractivity contribution in [3.63, 3.8) is 0 Å². The Bertz CT molecular complexity index is 410. The van der Waals surface area contributed by atoms with E-state index in [4.69, 9.17) is 0 Å². The number of carbonyl (C=O) groups is 1. The largest absolute Gasteiger partial charge is 0.300 e. The van der Waals surface area contributed by atoms with Gasteiger partial charge in [-0.05, 0) is 18.4 Å². The van der Waals surface area contributed by atoms with Crippen LogP contribution in [0.1, 0.15) is 44.1 Å². The van der Waals surface area contributed by atoms with Gasteiger partial charge < -0.3 is 0 Å². The molecule has 18 heavy (non-hydrogen) atoms. The van der Waals surface area contributed by atoms with E-state index in [0.717, 1.165) is 25.9 Å². The number of nitrogens with zero attached hydrogens (tertiary/aromatic N) is 1. The number of Topliss-reactive ketones (excluding diaryl/α,β-unsaturated/α-hetero) is 1. The molecule has 1 aliphatic heterocycles. The van der Waals surface area contributed by atoms with E-state index >= 15 is 0 Å². The molecule has 0 N–H and O–H groups in total. The molecule has 2 fully saturated rings. The Balaban J connectivity index is 1.90. The summed E-state index contributed by atoms with van der Waals surface area (Å²) in [6, 6.07) is 10.9. The second-order valence-electron chi connectivity index (χ2n) is 5.63. The SMILES string of the molecule is O=C1CCN(C2(c3ccccc3)CCCC2)CC1. The maximum absolute atomic E-state index is 11.4. The molecule has 0 spiro atoms. The first-order valence-electron chi connectivity index (χ1n) is 7.14. The predicted octanol–water partition coefficient (Wildman–Crippen LogP) is 3.12. The molecule has 0 amide bonds. The number of rotatable bonds is 2. The molecule has 2 nitrogen and oxygen atoms in total. The van der Waals surface area contributed by atoms with Crippen LogP contribution >= 0.6 is 0 Å². The number of likely N-dealkylation sites (tertiary alicyclic amines) is 1. The maximum atomic E-state index is 11.4. The van der Waals surface area contributed by atoms with Crippen molar-refractivity contribution in [1.29, 1.82) is 0 Å². The van der Waals surface area contributed by atoms with E-state index in [0.29, 0.717) is 5.78 Å². The Kier molecular flexibility index (Phi) is 3.21. The van der Waals surface area contributed by atoms with Crippen molar-refractivity contribution in [2.45, 2.75) is 44.1 Å². The number of carbonyl (C=O) groups excluding carboxylic acids is 1. The van der Waals surface area contributed by atoms with Gasteiger partial charge in [0.1, 0.15) is 5.78 Å². The fraction of sp³-hybridized carbons (Fsp3) is 0.562. The molecule has 96 valence electrons. The molecule has 1 aromatic rings. The van der Waals surface area contributed by atoms with E-state index in [-0.39, 0.29) is 5.54 Å². The fourth-order valence-corrected chi connectivity index (χ4v) is 3.68. The third-order valence-electron chi connectivity index (χ3n) is 4.67. The molecule has 1 saturated heterocycles. The van der Waals surface area contributed by atoms with Crippen molar-refractivity contribution < 1.29 is 4.79 Å². The molecule has 3 rings (SSSR count). The summed E-state index contributed by atoms with van der Waals surface area (Å²) in [4.78, 5) is 14.0. The van der Waals surface area contributed by atoms with Crippen molar-refractivity contribution in [3.05, 3.63) is 35.9 Å². The van der Waals surface area contributed by atoms with Gasteiger partial charge in [-0.25, -0.2) is 0 Å². The minimum absolute atomic E-state index is 0.224. The quantitative estimate of drug-likeness (QED) is 0.795. The maximum Gasteiger partial charge on any atom is 0.135 e. The third kappa shape index (κ3) is 1.99. The lowest BCUT2D eigenvalue weighted by Gasteiger charge is -2.43. The van der Waals surface area contributed by atoms with Gasteiger partial charge in [0.25, 0.3) is 0 Å². The highest BCUT2D eigenvalue weighted by atomic mass is 16.1. The van der Waals surface area contributed by atoms with Crippen LogP contribution in [0.4, 0.5) is 0 Å². The molecule has 0 bridgehead atoms. The first kappa shape index (κ1) is 11.9. The Morgan fingerprint density at radius 2 is 1.56 bits per heavy atom. The third-order valence-corrected chi connectivity index (χ3v) is 4.67. The topological polar surface area (TPSA) is 20.3 Å². The molecular formula is C16H21NO. The van der Waals surface area contributed by atoms with Gasteiger partial charge in [0.15, 0.2) is 0 Å². The Morgan fingerprint density at radius 1 is 0.944 bits per heavy atom. The van der Waals surface area contributed by atoms with Crippen molar-refractivity contribution in [2.75, 3.05) is 13.1 Å². The number of ketones is 1. The van der Waals surface area contributed by atoms with Gasteiger partial charge in [-0.2, -0.15) is 0 Å². The molecule has 0 unspecified atom stereocenters. The molecule has 1 aromatic carbocycles. The van der Waals surface area contributed by atoms with E-state index in [1.807, 2.05) is 0 Å². The Morgan fingerprint density at radius 3 is 2.17 bits per heavy atom.